The van der Waals surface area contributed by atoms with E-state index in [1.807, 2.05) is 0 Å². The molecule has 7 nitrogen and oxygen atoms in total. The summed E-state index contributed by atoms with van der Waals surface area (Å²) in [6, 6.07) is 0.408. The van der Waals surface area contributed by atoms with Crippen molar-refractivity contribution in [2.24, 2.45) is 23.7 Å². The van der Waals surface area contributed by atoms with Gasteiger partial charge in [-0.1, -0.05) is 0 Å². The number of hydrogen-bond donors (Lipinski definition) is 1. The third-order valence-corrected chi connectivity index (χ3v) is 8.22. The Bertz CT molecular complexity index is 577. The van der Waals surface area contributed by atoms with Gasteiger partial charge in [-0.05, 0) is 56.8 Å². The average molecular weight is 378 g/mol. The van der Waals surface area contributed by atoms with E-state index in [1.165, 1.54) is 32.1 Å². The number of amides is 1. The van der Waals surface area contributed by atoms with Crippen LogP contribution in [0.3, 0.4) is 0 Å². The van der Waals surface area contributed by atoms with Gasteiger partial charge >= 0.3 is 0 Å². The van der Waals surface area contributed by atoms with Gasteiger partial charge in [-0.2, -0.15) is 19.6 Å². The van der Waals surface area contributed by atoms with Gasteiger partial charge in [0.2, 0.25) is 17.5 Å². The van der Waals surface area contributed by atoms with Gasteiger partial charge in [-0.3, -0.25) is 9.69 Å². The topological polar surface area (TPSA) is 69.3 Å². The summed E-state index contributed by atoms with van der Waals surface area (Å²) in [5.74, 6) is 1.21. The first-order chi connectivity index (χ1) is 13.1. The molecule has 0 aromatic heterocycles. The monoisotopic (exact) mass is 378 g/mol. The van der Waals surface area contributed by atoms with Crippen molar-refractivity contribution in [1.29, 1.82) is 0 Å². The highest BCUT2D eigenvalue weighted by molar-refractivity contribution is 5.78. The number of carbonyl (C=O) groups excluding carboxylic acids is 1. The largest absolute Gasteiger partial charge is 0.354 e. The van der Waals surface area contributed by atoms with E-state index in [0.29, 0.717) is 24.4 Å². The molecule has 5 saturated carbocycles. The van der Waals surface area contributed by atoms with Crippen LogP contribution in [0.4, 0.5) is 0 Å². The van der Waals surface area contributed by atoms with E-state index in [4.69, 9.17) is 19.6 Å². The van der Waals surface area contributed by atoms with Crippen LogP contribution in [0.5, 0.6) is 0 Å². The lowest BCUT2D eigenvalue weighted by molar-refractivity contribution is -0.680. The van der Waals surface area contributed by atoms with Crippen molar-refractivity contribution in [3.8, 4) is 0 Å². The van der Waals surface area contributed by atoms with Gasteiger partial charge < -0.3 is 5.32 Å². The van der Waals surface area contributed by atoms with Crippen LogP contribution in [-0.2, 0) is 24.3 Å². The molecule has 2 aliphatic heterocycles. The maximum absolute atomic E-state index is 11.7. The third kappa shape index (κ3) is 2.69. The maximum Gasteiger partial charge on any atom is 0.239 e. The molecule has 0 aromatic rings. The molecule has 7 aliphatic rings. The quantitative estimate of drug-likeness (QED) is 0.705. The number of nitrogens with one attached hydrogen (secondary N) is 1. The molecule has 0 radical (unpaired) electrons. The summed E-state index contributed by atoms with van der Waals surface area (Å²) in [5, 5.41) is 2.90. The minimum Gasteiger partial charge on any atom is -0.354 e. The Morgan fingerprint density at radius 2 is 1.52 bits per heavy atom. The van der Waals surface area contributed by atoms with E-state index in [0.717, 1.165) is 50.6 Å². The smallest absolute Gasteiger partial charge is 0.239 e. The zero-order valence-corrected chi connectivity index (χ0v) is 15.9. The Hall–Kier alpha value is -0.730. The first-order valence-electron chi connectivity index (χ1n) is 10.9. The molecule has 2 spiro atoms. The molecule has 5 aliphatic carbocycles. The maximum atomic E-state index is 11.7. The minimum atomic E-state index is -0.769. The van der Waals surface area contributed by atoms with Gasteiger partial charge in [-0.15, -0.1) is 0 Å². The van der Waals surface area contributed by atoms with Crippen molar-refractivity contribution in [3.63, 3.8) is 0 Å². The molecule has 0 atom stereocenters. The Labute approximate surface area is 159 Å². The summed E-state index contributed by atoms with van der Waals surface area (Å²) in [4.78, 5) is 38.2. The van der Waals surface area contributed by atoms with Crippen molar-refractivity contribution >= 4 is 5.91 Å². The van der Waals surface area contributed by atoms with Crippen LogP contribution < -0.4 is 5.32 Å². The predicted molar refractivity (Wildman–Crippen MR) is 93.7 cm³/mol. The lowest BCUT2D eigenvalue weighted by Gasteiger charge is -2.60. The second kappa shape index (κ2) is 6.13. The van der Waals surface area contributed by atoms with Gasteiger partial charge in [0, 0.05) is 43.8 Å². The van der Waals surface area contributed by atoms with Crippen LogP contribution in [0.2, 0.25) is 0 Å². The molecule has 27 heavy (non-hydrogen) atoms. The van der Waals surface area contributed by atoms with Crippen LogP contribution in [0.15, 0.2) is 0 Å². The average Bonchev–Trinajstić information content (AvgIpc) is 2.68. The molecule has 7 heteroatoms. The first-order valence-corrected chi connectivity index (χ1v) is 10.9. The highest BCUT2D eigenvalue weighted by atomic mass is 17.4. The fraction of sp³-hybridized carbons (Fsp3) is 0.950. The lowest BCUT2D eigenvalue weighted by Crippen LogP contribution is -2.65. The fourth-order valence-electron chi connectivity index (χ4n) is 6.97. The van der Waals surface area contributed by atoms with Gasteiger partial charge in [-0.25, -0.2) is 0 Å². The van der Waals surface area contributed by atoms with E-state index in [-0.39, 0.29) is 5.91 Å². The lowest BCUT2D eigenvalue weighted by atomic mass is 9.53. The molecule has 1 amide bonds. The van der Waals surface area contributed by atoms with Gasteiger partial charge in [0.05, 0.1) is 6.54 Å². The molecule has 2 heterocycles. The standard InChI is InChI=1S/C20H30N2O5/c23-18-12-22(6-5-21-18)17-1-3-19(4-2-17)24-26-20(27-25-19)15-8-13-7-14(10-15)11-16(20)9-13/h13-17H,1-12H2,(H,21,23). The zero-order chi connectivity index (χ0) is 18.1. The molecular weight excluding hydrogens is 348 g/mol. The van der Waals surface area contributed by atoms with Crippen molar-refractivity contribution in [1.82, 2.24) is 10.2 Å². The Balaban J connectivity index is 1.10. The summed E-state index contributed by atoms with van der Waals surface area (Å²) >= 11 is 0. The summed E-state index contributed by atoms with van der Waals surface area (Å²) in [6.07, 6.45) is 9.49. The summed E-state index contributed by atoms with van der Waals surface area (Å²) in [7, 11) is 0. The van der Waals surface area contributed by atoms with Crippen molar-refractivity contribution < 1.29 is 24.3 Å². The number of hydrogen-bond acceptors (Lipinski definition) is 6. The van der Waals surface area contributed by atoms with Crippen LogP contribution in [0, 0.1) is 23.7 Å². The van der Waals surface area contributed by atoms with Crippen molar-refractivity contribution in [3.05, 3.63) is 0 Å². The van der Waals surface area contributed by atoms with Gasteiger partial charge in [0.15, 0.2) is 0 Å². The summed E-state index contributed by atoms with van der Waals surface area (Å²) in [5.41, 5.74) is 0. The number of rotatable bonds is 1. The molecule has 150 valence electrons. The highest BCUT2D eigenvalue weighted by Crippen LogP contribution is 2.61. The van der Waals surface area contributed by atoms with E-state index in [9.17, 15) is 4.79 Å². The fourth-order valence-corrected chi connectivity index (χ4v) is 6.97. The molecular formula is C20H30N2O5. The highest BCUT2D eigenvalue weighted by Gasteiger charge is 2.64. The summed E-state index contributed by atoms with van der Waals surface area (Å²) < 4.78 is 0. The molecule has 0 unspecified atom stereocenters. The molecule has 4 bridgehead atoms. The molecule has 1 N–H and O–H groups in total. The van der Waals surface area contributed by atoms with E-state index < -0.39 is 11.6 Å². The molecule has 2 saturated heterocycles. The Kier molecular flexibility index (Phi) is 3.90. The van der Waals surface area contributed by atoms with E-state index >= 15 is 0 Å². The zero-order valence-electron chi connectivity index (χ0n) is 15.9. The number of piperazine rings is 1. The van der Waals surface area contributed by atoms with E-state index in [2.05, 4.69) is 10.2 Å². The molecule has 7 fully saturated rings. The predicted octanol–water partition coefficient (Wildman–Crippen LogP) is 2.12. The van der Waals surface area contributed by atoms with Gasteiger partial charge in [0.1, 0.15) is 0 Å². The third-order valence-electron chi connectivity index (χ3n) is 8.22. The van der Waals surface area contributed by atoms with Gasteiger partial charge in [0.25, 0.3) is 0 Å². The van der Waals surface area contributed by atoms with E-state index in [1.54, 1.807) is 0 Å². The molecule has 7 rings (SSSR count). The van der Waals surface area contributed by atoms with Crippen LogP contribution in [-0.4, -0.2) is 48.1 Å². The SMILES string of the molecule is O=C1CN(C2CCC3(CC2)OOC2(OO3)C3CC4CC(C3)CC2C4)CCN1. The first kappa shape index (κ1) is 17.2. The second-order valence-electron chi connectivity index (χ2n) is 9.82. The van der Waals surface area contributed by atoms with Crippen LogP contribution in [0.25, 0.3) is 0 Å². The van der Waals surface area contributed by atoms with Crippen molar-refractivity contribution in [2.75, 3.05) is 19.6 Å². The summed E-state index contributed by atoms with van der Waals surface area (Å²) in [6.45, 7) is 2.17. The minimum absolute atomic E-state index is 0.127. The Morgan fingerprint density at radius 1 is 0.889 bits per heavy atom. The van der Waals surface area contributed by atoms with Crippen LogP contribution in [0.1, 0.15) is 57.8 Å². The number of nitrogens with zero attached hydrogens (tertiary/aromatic N) is 1. The second-order valence-corrected chi connectivity index (χ2v) is 9.82. The Morgan fingerprint density at radius 3 is 2.11 bits per heavy atom. The van der Waals surface area contributed by atoms with Crippen molar-refractivity contribution in [2.45, 2.75) is 75.4 Å². The van der Waals surface area contributed by atoms with Crippen LogP contribution >= 0.6 is 0 Å². The normalized spacial score (nSPS) is 52.4. The molecule has 0 aromatic carbocycles. The number of carbonyl (C=O) groups is 1.